The van der Waals surface area contributed by atoms with Crippen LogP contribution in [0.1, 0.15) is 5.56 Å². The molecule has 2 aromatic rings. The van der Waals surface area contributed by atoms with E-state index < -0.39 is 0 Å². The quantitative estimate of drug-likeness (QED) is 0.806. The fraction of sp³-hybridized carbons (Fsp3) is 0.200. The molecule has 1 aromatic carbocycles. The third-order valence-electron chi connectivity index (χ3n) is 2.44. The number of ether oxygens (including phenoxy) is 2. The Morgan fingerprint density at radius 1 is 1.41 bits per heavy atom. The van der Waals surface area contributed by atoms with Gasteiger partial charge in [-0.05, 0) is 29.9 Å². The summed E-state index contributed by atoms with van der Waals surface area (Å²) < 4.78 is 12.7. The number of nitrogens with one attached hydrogen (secondary N) is 2. The van der Waals surface area contributed by atoms with Gasteiger partial charge in [-0.1, -0.05) is 6.07 Å². The molecular formula is C10H10N4O2S. The SMILES string of the molecule is S=c1[nH]ncn1NCc1ccc2c(c1)OCO2. The van der Waals surface area contributed by atoms with Crippen LogP contribution in [-0.4, -0.2) is 21.7 Å². The summed E-state index contributed by atoms with van der Waals surface area (Å²) in [5, 5.41) is 6.49. The number of fused-ring (bicyclic) bond motifs is 1. The van der Waals surface area contributed by atoms with Crippen molar-refractivity contribution in [3.8, 4) is 11.5 Å². The molecule has 0 bridgehead atoms. The van der Waals surface area contributed by atoms with Crippen molar-refractivity contribution in [3.05, 3.63) is 34.9 Å². The molecule has 1 aromatic heterocycles. The molecule has 6 nitrogen and oxygen atoms in total. The molecule has 0 unspecified atom stereocenters. The van der Waals surface area contributed by atoms with Crippen LogP contribution in [0.5, 0.6) is 11.5 Å². The lowest BCUT2D eigenvalue weighted by Gasteiger charge is -2.06. The second kappa shape index (κ2) is 4.10. The number of benzene rings is 1. The maximum atomic E-state index is 5.30. The third kappa shape index (κ3) is 1.96. The summed E-state index contributed by atoms with van der Waals surface area (Å²) in [5.74, 6) is 1.56. The maximum Gasteiger partial charge on any atom is 0.231 e. The third-order valence-corrected chi connectivity index (χ3v) is 2.73. The van der Waals surface area contributed by atoms with Crippen LogP contribution in [0.2, 0.25) is 0 Å². The fourth-order valence-corrected chi connectivity index (χ4v) is 1.75. The van der Waals surface area contributed by atoms with Crippen LogP contribution in [0, 0.1) is 4.77 Å². The Kier molecular flexibility index (Phi) is 2.45. The van der Waals surface area contributed by atoms with Crippen LogP contribution in [-0.2, 0) is 6.54 Å². The zero-order valence-electron chi connectivity index (χ0n) is 8.84. The Morgan fingerprint density at radius 3 is 3.12 bits per heavy atom. The van der Waals surface area contributed by atoms with Crippen molar-refractivity contribution in [1.29, 1.82) is 0 Å². The lowest BCUT2D eigenvalue weighted by atomic mass is 10.2. The van der Waals surface area contributed by atoms with Crippen LogP contribution in [0.15, 0.2) is 24.5 Å². The van der Waals surface area contributed by atoms with Crippen LogP contribution >= 0.6 is 12.2 Å². The van der Waals surface area contributed by atoms with Crippen LogP contribution in [0.3, 0.4) is 0 Å². The van der Waals surface area contributed by atoms with Gasteiger partial charge in [-0.25, -0.2) is 4.68 Å². The van der Waals surface area contributed by atoms with E-state index in [4.69, 9.17) is 21.7 Å². The summed E-state index contributed by atoms with van der Waals surface area (Å²) >= 11 is 5.02. The lowest BCUT2D eigenvalue weighted by molar-refractivity contribution is 0.174. The average molecular weight is 250 g/mol. The normalized spacial score (nSPS) is 12.7. The average Bonchev–Trinajstić information content (AvgIpc) is 2.94. The molecule has 0 aliphatic carbocycles. The van der Waals surface area contributed by atoms with Crippen molar-refractivity contribution in [2.75, 3.05) is 12.2 Å². The number of hydrogen-bond donors (Lipinski definition) is 2. The highest BCUT2D eigenvalue weighted by molar-refractivity contribution is 7.71. The summed E-state index contributed by atoms with van der Waals surface area (Å²) in [7, 11) is 0. The molecule has 0 spiro atoms. The van der Waals surface area contributed by atoms with Crippen molar-refractivity contribution >= 4 is 12.2 Å². The summed E-state index contributed by atoms with van der Waals surface area (Å²) in [6, 6.07) is 5.82. The molecule has 2 N–H and O–H groups in total. The smallest absolute Gasteiger partial charge is 0.231 e. The van der Waals surface area contributed by atoms with E-state index in [0.29, 0.717) is 18.1 Å². The van der Waals surface area contributed by atoms with Gasteiger partial charge in [0.1, 0.15) is 6.33 Å². The molecule has 2 heterocycles. The molecule has 0 saturated heterocycles. The van der Waals surface area contributed by atoms with E-state index in [9.17, 15) is 0 Å². The Labute approximate surface area is 102 Å². The van der Waals surface area contributed by atoms with Gasteiger partial charge in [0.15, 0.2) is 11.5 Å². The van der Waals surface area contributed by atoms with Crippen LogP contribution in [0.25, 0.3) is 0 Å². The lowest BCUT2D eigenvalue weighted by Crippen LogP contribution is -2.13. The summed E-state index contributed by atoms with van der Waals surface area (Å²) in [6.45, 7) is 0.920. The second-order valence-electron chi connectivity index (χ2n) is 3.55. The molecule has 0 amide bonds. The van der Waals surface area contributed by atoms with Gasteiger partial charge in [-0.15, -0.1) is 0 Å². The van der Waals surface area contributed by atoms with Gasteiger partial charge in [0.2, 0.25) is 11.6 Å². The molecule has 1 aliphatic rings. The van der Waals surface area contributed by atoms with E-state index in [1.165, 1.54) is 0 Å². The molecular weight excluding hydrogens is 240 g/mol. The minimum atomic E-state index is 0.291. The molecule has 17 heavy (non-hydrogen) atoms. The predicted molar refractivity (Wildman–Crippen MR) is 63.0 cm³/mol. The van der Waals surface area contributed by atoms with Gasteiger partial charge >= 0.3 is 0 Å². The van der Waals surface area contributed by atoms with E-state index in [1.54, 1.807) is 11.0 Å². The molecule has 3 rings (SSSR count). The van der Waals surface area contributed by atoms with E-state index in [1.807, 2.05) is 18.2 Å². The summed E-state index contributed by atoms with van der Waals surface area (Å²) in [5.41, 5.74) is 4.20. The molecule has 7 heteroatoms. The van der Waals surface area contributed by atoms with Gasteiger partial charge in [0, 0.05) is 0 Å². The topological polar surface area (TPSA) is 64.1 Å². The molecule has 88 valence electrons. The van der Waals surface area contributed by atoms with Crippen molar-refractivity contribution < 1.29 is 9.47 Å². The van der Waals surface area contributed by atoms with Gasteiger partial charge in [0.25, 0.3) is 0 Å². The highest BCUT2D eigenvalue weighted by Crippen LogP contribution is 2.32. The highest BCUT2D eigenvalue weighted by Gasteiger charge is 2.12. The van der Waals surface area contributed by atoms with E-state index in [0.717, 1.165) is 17.1 Å². The van der Waals surface area contributed by atoms with Crippen molar-refractivity contribution in [1.82, 2.24) is 14.9 Å². The van der Waals surface area contributed by atoms with Gasteiger partial charge in [-0.3, -0.25) is 5.10 Å². The first-order valence-corrected chi connectivity index (χ1v) is 5.48. The number of rotatable bonds is 3. The highest BCUT2D eigenvalue weighted by atomic mass is 32.1. The standard InChI is InChI=1S/C10H10N4O2S/c17-10-13-11-5-14(10)12-4-7-1-2-8-9(3-7)16-6-15-8/h1-3,5,12H,4,6H2,(H,13,17). The zero-order valence-corrected chi connectivity index (χ0v) is 9.66. The minimum Gasteiger partial charge on any atom is -0.454 e. The Morgan fingerprint density at radius 2 is 2.29 bits per heavy atom. The number of aromatic amines is 1. The molecule has 0 atom stereocenters. The van der Waals surface area contributed by atoms with Crippen LogP contribution in [0.4, 0.5) is 0 Å². The Bertz CT molecular complexity index is 592. The maximum absolute atomic E-state index is 5.30. The molecule has 0 radical (unpaired) electrons. The molecule has 0 saturated carbocycles. The number of H-pyrrole nitrogens is 1. The Balaban J connectivity index is 1.74. The van der Waals surface area contributed by atoms with E-state index in [2.05, 4.69) is 15.6 Å². The second-order valence-corrected chi connectivity index (χ2v) is 3.94. The van der Waals surface area contributed by atoms with E-state index >= 15 is 0 Å². The fourth-order valence-electron chi connectivity index (χ4n) is 1.59. The summed E-state index contributed by atoms with van der Waals surface area (Å²) in [4.78, 5) is 0. The first kappa shape index (κ1) is 10.2. The van der Waals surface area contributed by atoms with Gasteiger partial charge in [-0.2, -0.15) is 5.10 Å². The monoisotopic (exact) mass is 250 g/mol. The van der Waals surface area contributed by atoms with Crippen molar-refractivity contribution in [3.63, 3.8) is 0 Å². The first-order valence-electron chi connectivity index (χ1n) is 5.07. The van der Waals surface area contributed by atoms with Gasteiger partial charge < -0.3 is 14.9 Å². The predicted octanol–water partition coefficient (Wildman–Crippen LogP) is 1.41. The Hall–Kier alpha value is -2.02. The minimum absolute atomic E-state index is 0.291. The van der Waals surface area contributed by atoms with Gasteiger partial charge in [0.05, 0.1) is 6.54 Å². The van der Waals surface area contributed by atoms with Crippen molar-refractivity contribution in [2.45, 2.75) is 6.54 Å². The van der Waals surface area contributed by atoms with Crippen LogP contribution < -0.4 is 14.9 Å². The number of hydrogen-bond acceptors (Lipinski definition) is 5. The number of aromatic nitrogens is 3. The van der Waals surface area contributed by atoms with E-state index in [-0.39, 0.29) is 0 Å². The summed E-state index contributed by atoms with van der Waals surface area (Å²) in [6.07, 6.45) is 1.59. The first-order chi connectivity index (χ1) is 8.33. The molecule has 0 fully saturated rings. The largest absolute Gasteiger partial charge is 0.454 e. The van der Waals surface area contributed by atoms with Crippen molar-refractivity contribution in [2.24, 2.45) is 0 Å². The number of nitrogens with zero attached hydrogens (tertiary/aromatic N) is 2. The zero-order chi connectivity index (χ0) is 11.7. The molecule has 1 aliphatic heterocycles.